The molecule has 7 heteroatoms. The summed E-state index contributed by atoms with van der Waals surface area (Å²) < 4.78 is 2.17. The van der Waals surface area contributed by atoms with Crippen LogP contribution in [-0.2, 0) is 11.4 Å². The number of fused-ring (bicyclic) bond motifs is 3. The van der Waals surface area contributed by atoms with Crippen molar-refractivity contribution in [2.24, 2.45) is 11.1 Å². The number of aryl methyl sites for hydroxylation is 1. The standard InChI is InChI=1S/C24H29N3O4/c1-3-26-23-12-9-18(14-20(23)21-15-19(27(29)30)10-13-24(21)26)22(25-31-16(2)28)11-8-17-6-4-5-7-17/h9-10,12-17,28H,3-8,11H2,1-2H3/b25-22+. The molecule has 1 atom stereocenters. The van der Waals surface area contributed by atoms with Gasteiger partial charge >= 0.3 is 0 Å². The molecule has 0 radical (unpaired) electrons. The van der Waals surface area contributed by atoms with E-state index < -0.39 is 6.29 Å². The minimum Gasteiger partial charge on any atom is -0.364 e. The van der Waals surface area contributed by atoms with Crippen molar-refractivity contribution in [3.8, 4) is 0 Å². The molecule has 1 saturated carbocycles. The molecule has 0 bridgehead atoms. The van der Waals surface area contributed by atoms with Gasteiger partial charge in [-0.05, 0) is 43.9 Å². The summed E-state index contributed by atoms with van der Waals surface area (Å²) in [5.74, 6) is 0.713. The van der Waals surface area contributed by atoms with Crippen LogP contribution in [0.25, 0.3) is 21.8 Å². The number of aromatic nitrogens is 1. The molecule has 3 aromatic rings. The number of hydrogen-bond acceptors (Lipinski definition) is 5. The molecule has 4 rings (SSSR count). The molecule has 0 amide bonds. The Balaban J connectivity index is 1.78. The van der Waals surface area contributed by atoms with Crippen molar-refractivity contribution >= 4 is 33.2 Å². The first-order chi connectivity index (χ1) is 15.0. The van der Waals surface area contributed by atoms with E-state index in [1.807, 2.05) is 24.3 Å². The summed E-state index contributed by atoms with van der Waals surface area (Å²) in [6, 6.07) is 11.2. The van der Waals surface area contributed by atoms with E-state index in [2.05, 4.69) is 16.6 Å². The van der Waals surface area contributed by atoms with Gasteiger partial charge < -0.3 is 14.5 Å². The van der Waals surface area contributed by atoms with E-state index in [9.17, 15) is 15.2 Å². The van der Waals surface area contributed by atoms with Gasteiger partial charge in [0.15, 0.2) is 0 Å². The minimum absolute atomic E-state index is 0.0839. The Morgan fingerprint density at radius 1 is 1.23 bits per heavy atom. The molecule has 0 saturated heterocycles. The summed E-state index contributed by atoms with van der Waals surface area (Å²) in [5.41, 5.74) is 3.82. The molecule has 1 unspecified atom stereocenters. The molecule has 0 spiro atoms. The van der Waals surface area contributed by atoms with Gasteiger partial charge in [0.25, 0.3) is 5.69 Å². The maximum Gasteiger partial charge on any atom is 0.270 e. The molecular formula is C24H29N3O4. The van der Waals surface area contributed by atoms with Crippen molar-refractivity contribution in [1.82, 2.24) is 4.57 Å². The average Bonchev–Trinajstić information content (AvgIpc) is 3.38. The number of aliphatic hydroxyl groups is 1. The summed E-state index contributed by atoms with van der Waals surface area (Å²) in [5, 5.41) is 27.0. The fourth-order valence-electron chi connectivity index (χ4n) is 4.75. The van der Waals surface area contributed by atoms with Crippen LogP contribution >= 0.6 is 0 Å². The maximum atomic E-state index is 11.3. The van der Waals surface area contributed by atoms with Crippen molar-refractivity contribution in [2.45, 2.75) is 65.2 Å². The third kappa shape index (κ3) is 4.42. The fourth-order valence-corrected chi connectivity index (χ4v) is 4.75. The zero-order valence-electron chi connectivity index (χ0n) is 18.1. The van der Waals surface area contributed by atoms with Gasteiger partial charge in [0.1, 0.15) is 0 Å². The second-order valence-electron chi connectivity index (χ2n) is 8.37. The highest BCUT2D eigenvalue weighted by atomic mass is 16.7. The van der Waals surface area contributed by atoms with Crippen LogP contribution in [-0.4, -0.2) is 26.6 Å². The summed E-state index contributed by atoms with van der Waals surface area (Å²) in [6.07, 6.45) is 5.95. The third-order valence-electron chi connectivity index (χ3n) is 6.29. The normalized spacial score (nSPS) is 16.3. The van der Waals surface area contributed by atoms with Crippen LogP contribution < -0.4 is 0 Å². The van der Waals surface area contributed by atoms with Crippen LogP contribution in [0.15, 0.2) is 41.6 Å². The summed E-state index contributed by atoms with van der Waals surface area (Å²) in [7, 11) is 0. The first kappa shape index (κ1) is 21.3. The van der Waals surface area contributed by atoms with Crippen molar-refractivity contribution in [1.29, 1.82) is 0 Å². The lowest BCUT2D eigenvalue weighted by atomic mass is 9.96. The van der Waals surface area contributed by atoms with E-state index in [-0.39, 0.29) is 10.6 Å². The van der Waals surface area contributed by atoms with E-state index in [0.29, 0.717) is 5.92 Å². The van der Waals surface area contributed by atoms with Crippen LogP contribution in [0, 0.1) is 16.0 Å². The number of hydrogen-bond donors (Lipinski definition) is 1. The van der Waals surface area contributed by atoms with E-state index in [4.69, 9.17) is 4.84 Å². The van der Waals surface area contributed by atoms with Gasteiger partial charge in [-0.15, -0.1) is 0 Å². The van der Waals surface area contributed by atoms with E-state index in [1.165, 1.54) is 32.6 Å². The Hall–Kier alpha value is -2.93. The minimum atomic E-state index is -0.977. The first-order valence-electron chi connectivity index (χ1n) is 11.1. The van der Waals surface area contributed by atoms with Gasteiger partial charge in [-0.25, -0.2) is 0 Å². The average molecular weight is 424 g/mol. The zero-order valence-corrected chi connectivity index (χ0v) is 18.1. The molecular weight excluding hydrogens is 394 g/mol. The number of nitrogens with zero attached hydrogens (tertiary/aromatic N) is 3. The number of benzene rings is 2. The van der Waals surface area contributed by atoms with Gasteiger partial charge in [-0.1, -0.05) is 36.9 Å². The third-order valence-corrected chi connectivity index (χ3v) is 6.29. The van der Waals surface area contributed by atoms with Gasteiger partial charge in [0, 0.05) is 53.0 Å². The summed E-state index contributed by atoms with van der Waals surface area (Å²) in [6.45, 7) is 4.37. The molecule has 164 valence electrons. The van der Waals surface area contributed by atoms with E-state index in [0.717, 1.165) is 52.5 Å². The number of nitro groups is 1. The maximum absolute atomic E-state index is 11.3. The molecule has 1 aliphatic carbocycles. The number of rotatable bonds is 8. The van der Waals surface area contributed by atoms with Crippen molar-refractivity contribution < 1.29 is 14.9 Å². The van der Waals surface area contributed by atoms with Gasteiger partial charge in [0.05, 0.1) is 10.6 Å². The first-order valence-corrected chi connectivity index (χ1v) is 11.1. The lowest BCUT2D eigenvalue weighted by Gasteiger charge is -2.12. The molecule has 31 heavy (non-hydrogen) atoms. The fraction of sp³-hybridized carbons (Fsp3) is 0.458. The molecule has 1 aromatic heterocycles. The molecule has 2 aromatic carbocycles. The quantitative estimate of drug-likeness (QED) is 0.216. The largest absolute Gasteiger partial charge is 0.364 e. The molecule has 1 heterocycles. The second kappa shape index (κ2) is 9.06. The van der Waals surface area contributed by atoms with Crippen LogP contribution in [0.5, 0.6) is 0 Å². The van der Waals surface area contributed by atoms with Crippen molar-refractivity contribution in [2.75, 3.05) is 0 Å². The molecule has 1 aliphatic rings. The Labute approximate surface area is 181 Å². The predicted molar refractivity (Wildman–Crippen MR) is 122 cm³/mol. The summed E-state index contributed by atoms with van der Waals surface area (Å²) >= 11 is 0. The highest BCUT2D eigenvalue weighted by molar-refractivity contribution is 6.12. The van der Waals surface area contributed by atoms with Gasteiger partial charge in [0.2, 0.25) is 6.29 Å². The lowest BCUT2D eigenvalue weighted by molar-refractivity contribution is -0.384. The summed E-state index contributed by atoms with van der Waals surface area (Å²) in [4.78, 5) is 16.2. The number of aliphatic hydroxyl groups excluding tert-OH is 1. The lowest BCUT2D eigenvalue weighted by Crippen LogP contribution is -2.09. The molecule has 0 aliphatic heterocycles. The van der Waals surface area contributed by atoms with Crippen molar-refractivity contribution in [3.05, 3.63) is 52.1 Å². The van der Waals surface area contributed by atoms with Crippen molar-refractivity contribution in [3.63, 3.8) is 0 Å². The monoisotopic (exact) mass is 423 g/mol. The van der Waals surface area contributed by atoms with Gasteiger partial charge in [-0.3, -0.25) is 10.1 Å². The topological polar surface area (TPSA) is 89.9 Å². The van der Waals surface area contributed by atoms with E-state index >= 15 is 0 Å². The molecule has 1 fully saturated rings. The number of nitro benzene ring substituents is 1. The van der Waals surface area contributed by atoms with E-state index in [1.54, 1.807) is 12.1 Å². The second-order valence-corrected chi connectivity index (χ2v) is 8.37. The molecule has 7 nitrogen and oxygen atoms in total. The predicted octanol–water partition coefficient (Wildman–Crippen LogP) is 5.75. The Morgan fingerprint density at radius 3 is 2.55 bits per heavy atom. The smallest absolute Gasteiger partial charge is 0.270 e. The van der Waals surface area contributed by atoms with Crippen LogP contribution in [0.3, 0.4) is 0 Å². The number of non-ortho nitro benzene ring substituents is 1. The molecule has 1 N–H and O–H groups in total. The number of oxime groups is 1. The van der Waals surface area contributed by atoms with Crippen LogP contribution in [0.1, 0.15) is 57.9 Å². The van der Waals surface area contributed by atoms with Crippen LogP contribution in [0.4, 0.5) is 5.69 Å². The van der Waals surface area contributed by atoms with Crippen LogP contribution in [0.2, 0.25) is 0 Å². The Kier molecular flexibility index (Phi) is 6.23. The zero-order chi connectivity index (χ0) is 22.0. The van der Waals surface area contributed by atoms with Gasteiger partial charge in [-0.2, -0.15) is 0 Å². The Bertz CT molecular complexity index is 1130. The highest BCUT2D eigenvalue weighted by Gasteiger charge is 2.19. The highest BCUT2D eigenvalue weighted by Crippen LogP contribution is 2.34. The SMILES string of the molecule is CCn1c2ccc(/C(CCC3CCCC3)=N/OC(C)O)cc2c2cc([N+](=O)[O-])ccc21. The Morgan fingerprint density at radius 2 is 1.90 bits per heavy atom.